The molecule has 10 heteroatoms. The first-order valence-corrected chi connectivity index (χ1v) is 13.8. The average molecular weight is 563 g/mol. The maximum atomic E-state index is 15.0. The van der Waals surface area contributed by atoms with Gasteiger partial charge < -0.3 is 29.3 Å². The van der Waals surface area contributed by atoms with Crippen LogP contribution in [0.4, 0.5) is 26.4 Å². The Bertz CT molecular complexity index is 1410. The fourth-order valence-electron chi connectivity index (χ4n) is 4.82. The SMILES string of the molecule is Cc1ccc(N2CCOc3c(C(=O)Nc4ccc(OC5CCN(C(=O)OC(C)(C)C)CC5)c(F)c4)cccc32)nc1. The predicted octanol–water partition coefficient (Wildman–Crippen LogP) is 6.09. The summed E-state index contributed by atoms with van der Waals surface area (Å²) in [5, 5.41) is 2.77. The number of halogens is 1. The van der Waals surface area contributed by atoms with E-state index < -0.39 is 17.3 Å². The molecule has 1 aromatic heterocycles. The number of carbonyl (C=O) groups is 2. The monoisotopic (exact) mass is 562 g/mol. The first-order chi connectivity index (χ1) is 19.6. The zero-order valence-corrected chi connectivity index (χ0v) is 23.8. The lowest BCUT2D eigenvalue weighted by atomic mass is 10.1. The number of hydrogen-bond acceptors (Lipinski definition) is 7. The molecular weight excluding hydrogens is 527 g/mol. The number of piperidine rings is 1. The van der Waals surface area contributed by atoms with Crippen LogP contribution >= 0.6 is 0 Å². The summed E-state index contributed by atoms with van der Waals surface area (Å²) in [4.78, 5) is 33.7. The highest BCUT2D eigenvalue weighted by Crippen LogP contribution is 2.39. The second kappa shape index (κ2) is 11.6. The molecule has 1 fully saturated rings. The van der Waals surface area contributed by atoms with Crippen LogP contribution in [0.3, 0.4) is 0 Å². The van der Waals surface area contributed by atoms with Gasteiger partial charge in [-0.3, -0.25) is 4.79 Å². The maximum absolute atomic E-state index is 15.0. The number of pyridine rings is 1. The van der Waals surface area contributed by atoms with Gasteiger partial charge >= 0.3 is 6.09 Å². The van der Waals surface area contributed by atoms with Crippen LogP contribution in [0.5, 0.6) is 11.5 Å². The van der Waals surface area contributed by atoms with Gasteiger partial charge in [-0.15, -0.1) is 0 Å². The number of aromatic nitrogens is 1. The van der Waals surface area contributed by atoms with Crippen molar-refractivity contribution in [3.8, 4) is 11.5 Å². The summed E-state index contributed by atoms with van der Waals surface area (Å²) in [7, 11) is 0. The molecule has 2 amide bonds. The Morgan fingerprint density at radius 3 is 2.54 bits per heavy atom. The van der Waals surface area contributed by atoms with Gasteiger partial charge in [-0.2, -0.15) is 0 Å². The number of nitrogens with one attached hydrogen (secondary N) is 1. The molecule has 2 aromatic carbocycles. The molecule has 0 bridgehead atoms. The molecule has 1 N–H and O–H groups in total. The Hall–Kier alpha value is -4.34. The lowest BCUT2D eigenvalue weighted by Crippen LogP contribution is -2.44. The number of aryl methyl sites for hydroxylation is 1. The summed E-state index contributed by atoms with van der Waals surface area (Å²) in [6.07, 6.45) is 2.33. The number of rotatable bonds is 5. The van der Waals surface area contributed by atoms with Crippen LogP contribution in [-0.2, 0) is 4.74 Å². The van der Waals surface area contributed by atoms with E-state index in [0.29, 0.717) is 56.1 Å². The van der Waals surface area contributed by atoms with Gasteiger partial charge in [-0.05, 0) is 63.6 Å². The van der Waals surface area contributed by atoms with E-state index in [9.17, 15) is 14.0 Å². The van der Waals surface area contributed by atoms with Crippen LogP contribution in [0.2, 0.25) is 0 Å². The lowest BCUT2D eigenvalue weighted by molar-refractivity contribution is 0.0123. The molecule has 1 saturated heterocycles. The molecule has 0 aliphatic carbocycles. The molecular formula is C31H35FN4O5. The van der Waals surface area contributed by atoms with Gasteiger partial charge in [-0.25, -0.2) is 14.2 Å². The summed E-state index contributed by atoms with van der Waals surface area (Å²) < 4.78 is 32.2. The molecule has 2 aliphatic rings. The minimum absolute atomic E-state index is 0.0976. The number of likely N-dealkylation sites (tertiary alicyclic amines) is 1. The van der Waals surface area contributed by atoms with Gasteiger partial charge in [0.05, 0.1) is 17.8 Å². The Morgan fingerprint density at radius 2 is 1.85 bits per heavy atom. The number of ether oxygens (including phenoxy) is 3. The highest BCUT2D eigenvalue weighted by Gasteiger charge is 2.29. The summed E-state index contributed by atoms with van der Waals surface area (Å²) in [6, 6.07) is 13.6. The van der Waals surface area contributed by atoms with Crippen molar-refractivity contribution < 1.29 is 28.2 Å². The number of anilines is 3. The first-order valence-electron chi connectivity index (χ1n) is 13.8. The standard InChI is InChI=1S/C31H35FN4O5/c1-20-8-11-27(33-19-20)36-16-17-39-28-23(6-5-7-25(28)36)29(37)34-21-9-10-26(24(32)18-21)40-22-12-14-35(15-13-22)30(38)41-31(2,3)4/h5-11,18-19,22H,12-17H2,1-4H3,(H,34,37). The highest BCUT2D eigenvalue weighted by atomic mass is 19.1. The van der Waals surface area contributed by atoms with Gasteiger partial charge in [0.1, 0.15) is 24.1 Å². The number of para-hydroxylation sites is 1. The van der Waals surface area contributed by atoms with Crippen molar-refractivity contribution in [2.75, 3.05) is 36.5 Å². The van der Waals surface area contributed by atoms with Crippen LogP contribution < -0.4 is 19.7 Å². The van der Waals surface area contributed by atoms with Crippen molar-refractivity contribution in [1.29, 1.82) is 0 Å². The smallest absolute Gasteiger partial charge is 0.410 e. The largest absolute Gasteiger partial charge is 0.489 e. The van der Waals surface area contributed by atoms with Crippen molar-refractivity contribution in [1.82, 2.24) is 9.88 Å². The van der Waals surface area contributed by atoms with Crippen LogP contribution in [0.1, 0.15) is 49.5 Å². The van der Waals surface area contributed by atoms with E-state index in [1.54, 1.807) is 29.3 Å². The van der Waals surface area contributed by atoms with Gasteiger partial charge in [0.25, 0.3) is 5.91 Å². The summed E-state index contributed by atoms with van der Waals surface area (Å²) in [5.41, 5.74) is 1.88. The minimum Gasteiger partial charge on any atom is -0.489 e. The Balaban J connectivity index is 1.22. The van der Waals surface area contributed by atoms with Crippen molar-refractivity contribution in [3.05, 3.63) is 71.7 Å². The molecule has 0 saturated carbocycles. The second-order valence-electron chi connectivity index (χ2n) is 11.2. The molecule has 0 unspecified atom stereocenters. The maximum Gasteiger partial charge on any atom is 0.410 e. The van der Waals surface area contributed by atoms with Crippen LogP contribution in [0.25, 0.3) is 0 Å². The Morgan fingerprint density at radius 1 is 1.07 bits per heavy atom. The highest BCUT2D eigenvalue weighted by molar-refractivity contribution is 6.07. The quantitative estimate of drug-likeness (QED) is 0.402. The molecule has 0 radical (unpaired) electrons. The third-order valence-electron chi connectivity index (χ3n) is 6.84. The van der Waals surface area contributed by atoms with Crippen molar-refractivity contribution in [2.45, 2.75) is 52.2 Å². The van der Waals surface area contributed by atoms with Crippen LogP contribution in [-0.4, -0.2) is 59.8 Å². The zero-order valence-electron chi connectivity index (χ0n) is 23.8. The fourth-order valence-corrected chi connectivity index (χ4v) is 4.82. The molecule has 41 heavy (non-hydrogen) atoms. The van der Waals surface area contributed by atoms with E-state index in [-0.39, 0.29) is 17.9 Å². The van der Waals surface area contributed by atoms with Gasteiger partial charge in [0.15, 0.2) is 17.3 Å². The Kier molecular flexibility index (Phi) is 8.01. The fraction of sp³-hybridized carbons (Fsp3) is 0.387. The topological polar surface area (TPSA) is 93.2 Å². The van der Waals surface area contributed by atoms with Crippen molar-refractivity contribution in [2.24, 2.45) is 0 Å². The van der Waals surface area contributed by atoms with Crippen LogP contribution in [0.15, 0.2) is 54.7 Å². The second-order valence-corrected chi connectivity index (χ2v) is 11.2. The number of nitrogens with zero attached hydrogens (tertiary/aromatic N) is 3. The van der Waals surface area contributed by atoms with Gasteiger partial charge in [-0.1, -0.05) is 12.1 Å². The van der Waals surface area contributed by atoms with Gasteiger partial charge in [0, 0.05) is 43.9 Å². The Labute approximate surface area is 239 Å². The number of hydrogen-bond donors (Lipinski definition) is 1. The van der Waals surface area contributed by atoms with Crippen molar-refractivity contribution >= 4 is 29.2 Å². The number of fused-ring (bicyclic) bond motifs is 1. The molecule has 3 heterocycles. The molecule has 0 atom stereocenters. The van der Waals surface area contributed by atoms with E-state index in [2.05, 4.69) is 10.3 Å². The minimum atomic E-state index is -0.583. The molecule has 3 aromatic rings. The van der Waals surface area contributed by atoms with Gasteiger partial charge in [0.2, 0.25) is 0 Å². The number of benzene rings is 2. The first kappa shape index (κ1) is 28.2. The third-order valence-corrected chi connectivity index (χ3v) is 6.84. The van der Waals surface area contributed by atoms with E-state index >= 15 is 0 Å². The zero-order chi connectivity index (χ0) is 29.1. The van der Waals surface area contributed by atoms with E-state index in [1.807, 2.05) is 50.8 Å². The summed E-state index contributed by atoms with van der Waals surface area (Å²) in [5.74, 6) is 0.325. The van der Waals surface area contributed by atoms with E-state index in [1.165, 1.54) is 12.1 Å². The summed E-state index contributed by atoms with van der Waals surface area (Å²) in [6.45, 7) is 9.39. The lowest BCUT2D eigenvalue weighted by Gasteiger charge is -2.33. The number of amides is 2. The van der Waals surface area contributed by atoms with E-state index in [4.69, 9.17) is 14.2 Å². The molecule has 0 spiro atoms. The average Bonchev–Trinajstić information content (AvgIpc) is 2.94. The predicted molar refractivity (Wildman–Crippen MR) is 154 cm³/mol. The molecule has 2 aliphatic heterocycles. The molecule has 216 valence electrons. The number of carbonyl (C=O) groups excluding carboxylic acids is 2. The van der Waals surface area contributed by atoms with Crippen molar-refractivity contribution in [3.63, 3.8) is 0 Å². The summed E-state index contributed by atoms with van der Waals surface area (Å²) >= 11 is 0. The van der Waals surface area contributed by atoms with Crippen LogP contribution in [0, 0.1) is 12.7 Å². The third kappa shape index (κ3) is 6.70. The molecule has 9 nitrogen and oxygen atoms in total. The van der Waals surface area contributed by atoms with E-state index in [0.717, 1.165) is 17.1 Å². The molecule has 5 rings (SSSR count). The normalized spacial score (nSPS) is 15.5.